The molecule has 1 amide bonds. The van der Waals surface area contributed by atoms with E-state index >= 15 is 0 Å². The minimum absolute atomic E-state index is 0.0426. The van der Waals surface area contributed by atoms with Gasteiger partial charge < -0.3 is 20.1 Å². The van der Waals surface area contributed by atoms with Crippen LogP contribution in [0.1, 0.15) is 24.3 Å². The molecule has 0 radical (unpaired) electrons. The normalized spacial score (nSPS) is 13.1. The average molecular weight is 344 g/mol. The van der Waals surface area contributed by atoms with Crippen molar-refractivity contribution in [3.05, 3.63) is 30.0 Å². The van der Waals surface area contributed by atoms with Crippen LogP contribution in [0.4, 0.5) is 13.2 Å². The first kappa shape index (κ1) is 17.6. The Hall–Kier alpha value is -2.71. The molecule has 0 saturated heterocycles. The van der Waals surface area contributed by atoms with E-state index in [9.17, 15) is 22.8 Å². The summed E-state index contributed by atoms with van der Waals surface area (Å²) < 4.78 is 40.5. The van der Waals surface area contributed by atoms with Gasteiger partial charge in [0.1, 0.15) is 17.5 Å². The SMILES string of the molecule is CC(C)[C@H](NC(=O)c1cc2ccc(OC(F)(F)F)cc2[nH]1)C(=O)O. The summed E-state index contributed by atoms with van der Waals surface area (Å²) in [7, 11) is 0. The summed E-state index contributed by atoms with van der Waals surface area (Å²) >= 11 is 0. The predicted molar refractivity (Wildman–Crippen MR) is 78.7 cm³/mol. The Balaban J connectivity index is 2.23. The molecule has 3 N–H and O–H groups in total. The molecule has 0 aliphatic rings. The van der Waals surface area contributed by atoms with Gasteiger partial charge in [-0.2, -0.15) is 0 Å². The first-order chi connectivity index (χ1) is 11.1. The lowest BCUT2D eigenvalue weighted by Gasteiger charge is -2.17. The summed E-state index contributed by atoms with van der Waals surface area (Å²) in [6.07, 6.45) is -4.81. The van der Waals surface area contributed by atoms with Gasteiger partial charge in [0.05, 0.1) is 0 Å². The number of aromatic nitrogens is 1. The molecule has 9 heteroatoms. The van der Waals surface area contributed by atoms with Crippen molar-refractivity contribution in [2.75, 3.05) is 0 Å². The van der Waals surface area contributed by atoms with Gasteiger partial charge in [-0.05, 0) is 24.1 Å². The second-order valence-electron chi connectivity index (χ2n) is 5.51. The first-order valence-corrected chi connectivity index (χ1v) is 6.99. The van der Waals surface area contributed by atoms with Crippen LogP contribution < -0.4 is 10.1 Å². The van der Waals surface area contributed by atoms with E-state index in [0.29, 0.717) is 5.39 Å². The molecular weight excluding hydrogens is 329 g/mol. The highest BCUT2D eigenvalue weighted by atomic mass is 19.4. The fourth-order valence-corrected chi connectivity index (χ4v) is 2.16. The lowest BCUT2D eigenvalue weighted by atomic mass is 10.0. The summed E-state index contributed by atoms with van der Waals surface area (Å²) in [5.41, 5.74) is 0.305. The summed E-state index contributed by atoms with van der Waals surface area (Å²) in [4.78, 5) is 25.9. The molecule has 0 spiro atoms. The van der Waals surface area contributed by atoms with Crippen LogP contribution in [0.2, 0.25) is 0 Å². The van der Waals surface area contributed by atoms with E-state index in [2.05, 4.69) is 15.0 Å². The van der Waals surface area contributed by atoms with Gasteiger partial charge in [-0.25, -0.2) is 4.79 Å². The zero-order chi connectivity index (χ0) is 18.1. The summed E-state index contributed by atoms with van der Waals surface area (Å²) in [6.45, 7) is 3.29. The van der Waals surface area contributed by atoms with Crippen LogP contribution in [-0.2, 0) is 4.79 Å². The topological polar surface area (TPSA) is 91.4 Å². The van der Waals surface area contributed by atoms with Crippen molar-refractivity contribution in [3.8, 4) is 5.75 Å². The number of H-pyrrole nitrogens is 1. The number of aromatic amines is 1. The molecule has 0 fully saturated rings. The van der Waals surface area contributed by atoms with Crippen molar-refractivity contribution in [2.45, 2.75) is 26.3 Å². The summed E-state index contributed by atoms with van der Waals surface area (Å²) in [6, 6.07) is 3.94. The second kappa shape index (κ2) is 6.42. The Morgan fingerprint density at radius 1 is 1.25 bits per heavy atom. The Morgan fingerprint density at radius 3 is 2.46 bits per heavy atom. The van der Waals surface area contributed by atoms with Crippen molar-refractivity contribution < 1.29 is 32.6 Å². The highest BCUT2D eigenvalue weighted by Crippen LogP contribution is 2.26. The third kappa shape index (κ3) is 4.18. The minimum atomic E-state index is -4.81. The highest BCUT2D eigenvalue weighted by molar-refractivity contribution is 5.99. The number of carbonyl (C=O) groups is 2. The van der Waals surface area contributed by atoms with Crippen LogP contribution in [0.15, 0.2) is 24.3 Å². The van der Waals surface area contributed by atoms with Crippen molar-refractivity contribution in [1.82, 2.24) is 10.3 Å². The van der Waals surface area contributed by atoms with Gasteiger partial charge >= 0.3 is 12.3 Å². The van der Waals surface area contributed by atoms with Crippen molar-refractivity contribution >= 4 is 22.8 Å². The third-order valence-electron chi connectivity index (χ3n) is 3.29. The molecule has 1 aromatic heterocycles. The zero-order valence-electron chi connectivity index (χ0n) is 12.8. The highest BCUT2D eigenvalue weighted by Gasteiger charge is 2.31. The molecule has 130 valence electrons. The third-order valence-corrected chi connectivity index (χ3v) is 3.29. The van der Waals surface area contributed by atoms with Crippen molar-refractivity contribution in [3.63, 3.8) is 0 Å². The standard InChI is InChI=1S/C15H15F3N2O4/c1-7(2)12(14(22)23)20-13(21)11-5-8-3-4-9(6-10(8)19-11)24-15(16,17)18/h3-7,12,19H,1-2H3,(H,20,21)(H,22,23)/t12-/m0/s1. The molecule has 1 heterocycles. The van der Waals surface area contributed by atoms with Crippen LogP contribution >= 0.6 is 0 Å². The van der Waals surface area contributed by atoms with E-state index in [-0.39, 0.29) is 17.1 Å². The number of hydrogen-bond acceptors (Lipinski definition) is 3. The van der Waals surface area contributed by atoms with Gasteiger partial charge in [0, 0.05) is 17.0 Å². The summed E-state index contributed by atoms with van der Waals surface area (Å²) in [5.74, 6) is -2.59. The molecule has 2 aromatic rings. The molecule has 0 saturated carbocycles. The first-order valence-electron chi connectivity index (χ1n) is 6.99. The maximum atomic E-state index is 12.2. The smallest absolute Gasteiger partial charge is 0.480 e. The molecule has 0 aliphatic heterocycles. The molecule has 6 nitrogen and oxygen atoms in total. The van der Waals surface area contributed by atoms with Gasteiger partial charge in [0.2, 0.25) is 0 Å². The summed E-state index contributed by atoms with van der Waals surface area (Å²) in [5, 5.41) is 11.9. The van der Waals surface area contributed by atoms with Crippen LogP contribution in [-0.4, -0.2) is 34.4 Å². The fraction of sp³-hybridized carbons (Fsp3) is 0.333. The average Bonchev–Trinajstić information content (AvgIpc) is 2.85. The number of rotatable bonds is 5. The number of aliphatic carboxylic acids is 1. The predicted octanol–water partition coefficient (Wildman–Crippen LogP) is 2.91. The lowest BCUT2D eigenvalue weighted by Crippen LogP contribution is -2.44. The number of hydrogen-bond donors (Lipinski definition) is 3. The number of fused-ring (bicyclic) bond motifs is 1. The number of amides is 1. The number of alkyl halides is 3. The van der Waals surface area contributed by atoms with Crippen LogP contribution in [0.3, 0.4) is 0 Å². The quantitative estimate of drug-likeness (QED) is 0.778. The Bertz CT molecular complexity index is 768. The fourth-order valence-electron chi connectivity index (χ4n) is 2.16. The van der Waals surface area contributed by atoms with E-state index in [4.69, 9.17) is 5.11 Å². The number of ether oxygens (including phenoxy) is 1. The molecule has 1 atom stereocenters. The van der Waals surface area contributed by atoms with Crippen molar-refractivity contribution in [2.24, 2.45) is 5.92 Å². The number of carboxylic acids is 1. The Labute approximate surface area is 134 Å². The number of benzene rings is 1. The van der Waals surface area contributed by atoms with Crippen LogP contribution in [0, 0.1) is 5.92 Å². The molecule has 1 aromatic carbocycles. The van der Waals surface area contributed by atoms with Gasteiger partial charge in [0.25, 0.3) is 5.91 Å². The van der Waals surface area contributed by atoms with E-state index in [0.717, 1.165) is 12.1 Å². The molecule has 0 bridgehead atoms. The number of halogens is 3. The van der Waals surface area contributed by atoms with E-state index in [1.807, 2.05) is 0 Å². The second-order valence-corrected chi connectivity index (χ2v) is 5.51. The van der Waals surface area contributed by atoms with Gasteiger partial charge in [0.15, 0.2) is 0 Å². The zero-order valence-corrected chi connectivity index (χ0v) is 12.8. The Kier molecular flexibility index (Phi) is 4.72. The minimum Gasteiger partial charge on any atom is -0.480 e. The molecule has 24 heavy (non-hydrogen) atoms. The van der Waals surface area contributed by atoms with E-state index in [1.54, 1.807) is 13.8 Å². The van der Waals surface area contributed by atoms with Crippen LogP contribution in [0.25, 0.3) is 10.9 Å². The Morgan fingerprint density at radius 2 is 1.92 bits per heavy atom. The molecule has 0 aliphatic carbocycles. The van der Waals surface area contributed by atoms with Gasteiger partial charge in [-0.3, -0.25) is 4.79 Å². The number of carboxylic acid groups (broad SMARTS) is 1. The van der Waals surface area contributed by atoms with Crippen LogP contribution in [0.5, 0.6) is 5.75 Å². The van der Waals surface area contributed by atoms with Crippen molar-refractivity contribution in [1.29, 1.82) is 0 Å². The molecule has 0 unspecified atom stereocenters. The number of nitrogens with one attached hydrogen (secondary N) is 2. The molecule has 2 rings (SSSR count). The largest absolute Gasteiger partial charge is 0.573 e. The van der Waals surface area contributed by atoms with E-state index < -0.39 is 30.0 Å². The van der Waals surface area contributed by atoms with Gasteiger partial charge in [-0.1, -0.05) is 13.8 Å². The number of carbonyl (C=O) groups excluding carboxylic acids is 1. The molecular formula is C15H15F3N2O4. The van der Waals surface area contributed by atoms with E-state index in [1.165, 1.54) is 12.1 Å². The lowest BCUT2D eigenvalue weighted by molar-refractivity contribution is -0.274. The van der Waals surface area contributed by atoms with Gasteiger partial charge in [-0.15, -0.1) is 13.2 Å². The maximum absolute atomic E-state index is 12.2. The monoisotopic (exact) mass is 344 g/mol. The maximum Gasteiger partial charge on any atom is 0.573 e.